The van der Waals surface area contributed by atoms with Gasteiger partial charge in [-0.15, -0.1) is 0 Å². The minimum Gasteiger partial charge on any atom is -0.497 e. The van der Waals surface area contributed by atoms with Crippen LogP contribution in [-0.2, 0) is 7.05 Å². The number of hydrogen-bond donors (Lipinski definition) is 0. The SMILES string of the molecule is COc1ccc(-c2c(-c3ccc(C#N)c(F)c3)nc(OCC3CCCCCN3C)n(C)c2=O)cc1. The van der Waals surface area contributed by atoms with Crippen molar-refractivity contribution in [1.82, 2.24) is 14.5 Å². The number of benzene rings is 2. The van der Waals surface area contributed by atoms with E-state index in [9.17, 15) is 9.18 Å². The summed E-state index contributed by atoms with van der Waals surface area (Å²) in [6, 6.07) is 13.5. The zero-order valence-corrected chi connectivity index (χ0v) is 20.3. The summed E-state index contributed by atoms with van der Waals surface area (Å²) >= 11 is 0. The smallest absolute Gasteiger partial charge is 0.299 e. The standard InChI is InChI=1S/C27H29FN4O3/c1-31-14-6-4-5-7-21(31)17-35-27-30-25(19-8-9-20(16-29)23(28)15-19)24(26(33)32(27)2)18-10-12-22(34-3)13-11-18/h8-13,15,21H,4-7,14,17H2,1-3H3. The number of rotatable bonds is 6. The second-order valence-electron chi connectivity index (χ2n) is 8.81. The third-order valence-corrected chi connectivity index (χ3v) is 6.57. The van der Waals surface area contributed by atoms with Crippen LogP contribution in [0.25, 0.3) is 22.4 Å². The zero-order chi connectivity index (χ0) is 24.9. The van der Waals surface area contributed by atoms with Crippen molar-refractivity contribution in [2.24, 2.45) is 7.05 Å². The predicted octanol–water partition coefficient (Wildman–Crippen LogP) is 4.39. The normalized spacial score (nSPS) is 16.4. The van der Waals surface area contributed by atoms with E-state index in [1.54, 1.807) is 44.5 Å². The maximum Gasteiger partial charge on any atom is 0.299 e. The molecule has 1 aliphatic heterocycles. The van der Waals surface area contributed by atoms with Gasteiger partial charge < -0.3 is 14.4 Å². The molecule has 0 radical (unpaired) electrons. The number of likely N-dealkylation sites (N-methyl/N-ethyl adjacent to an activating group) is 1. The molecule has 0 N–H and O–H groups in total. The molecule has 0 amide bonds. The van der Waals surface area contributed by atoms with E-state index in [4.69, 9.17) is 19.7 Å². The molecule has 1 aliphatic rings. The van der Waals surface area contributed by atoms with Crippen LogP contribution in [0.2, 0.25) is 0 Å². The predicted molar refractivity (Wildman–Crippen MR) is 132 cm³/mol. The van der Waals surface area contributed by atoms with E-state index < -0.39 is 5.82 Å². The van der Waals surface area contributed by atoms with Gasteiger partial charge in [-0.2, -0.15) is 10.2 Å². The molecule has 0 aliphatic carbocycles. The number of methoxy groups -OCH3 is 1. The van der Waals surface area contributed by atoms with Crippen molar-refractivity contribution in [3.63, 3.8) is 0 Å². The molecule has 7 nitrogen and oxygen atoms in total. The Labute approximate surface area is 204 Å². The molecule has 35 heavy (non-hydrogen) atoms. The molecule has 2 aromatic carbocycles. The van der Waals surface area contributed by atoms with Crippen LogP contribution < -0.4 is 15.0 Å². The first kappa shape index (κ1) is 24.4. The summed E-state index contributed by atoms with van der Waals surface area (Å²) in [6.07, 6.45) is 4.51. The Morgan fingerprint density at radius 2 is 1.86 bits per heavy atom. The minimum atomic E-state index is -0.671. The Bertz CT molecular complexity index is 1300. The summed E-state index contributed by atoms with van der Waals surface area (Å²) in [4.78, 5) is 20.6. The van der Waals surface area contributed by atoms with Gasteiger partial charge in [-0.1, -0.05) is 31.0 Å². The van der Waals surface area contributed by atoms with Gasteiger partial charge in [-0.05, 0) is 56.3 Å². The van der Waals surface area contributed by atoms with Crippen molar-refractivity contribution in [3.8, 4) is 40.2 Å². The van der Waals surface area contributed by atoms with E-state index in [0.29, 0.717) is 34.7 Å². The van der Waals surface area contributed by atoms with E-state index in [1.165, 1.54) is 23.1 Å². The fourth-order valence-electron chi connectivity index (χ4n) is 4.39. The fourth-order valence-corrected chi connectivity index (χ4v) is 4.39. The summed E-state index contributed by atoms with van der Waals surface area (Å²) in [5.74, 6) is -0.0207. The number of halogens is 1. The lowest BCUT2D eigenvalue weighted by Gasteiger charge is -2.26. The van der Waals surface area contributed by atoms with Crippen LogP contribution in [0.1, 0.15) is 31.2 Å². The van der Waals surface area contributed by atoms with Gasteiger partial charge in [0.15, 0.2) is 0 Å². The van der Waals surface area contributed by atoms with Gasteiger partial charge in [0.1, 0.15) is 24.2 Å². The van der Waals surface area contributed by atoms with Crippen molar-refractivity contribution < 1.29 is 13.9 Å². The second-order valence-corrected chi connectivity index (χ2v) is 8.81. The maximum absolute atomic E-state index is 14.5. The number of likely N-dealkylation sites (tertiary alicyclic amines) is 1. The number of ether oxygens (including phenoxy) is 2. The Kier molecular flexibility index (Phi) is 7.47. The molecule has 0 bridgehead atoms. The zero-order valence-electron chi connectivity index (χ0n) is 20.3. The summed E-state index contributed by atoms with van der Waals surface area (Å²) < 4.78 is 27.3. The number of nitriles is 1. The highest BCUT2D eigenvalue weighted by Gasteiger charge is 2.22. The molecule has 1 fully saturated rings. The van der Waals surface area contributed by atoms with Gasteiger partial charge in [0.05, 0.1) is 23.9 Å². The first-order valence-electron chi connectivity index (χ1n) is 11.7. The van der Waals surface area contributed by atoms with Crippen LogP contribution in [0.4, 0.5) is 4.39 Å². The molecule has 1 aromatic heterocycles. The van der Waals surface area contributed by atoms with Crippen molar-refractivity contribution in [2.45, 2.75) is 31.7 Å². The summed E-state index contributed by atoms with van der Waals surface area (Å²) in [7, 11) is 5.28. The average Bonchev–Trinajstić information content (AvgIpc) is 3.08. The molecule has 2 heterocycles. The fraction of sp³-hybridized carbons (Fsp3) is 0.370. The number of nitrogens with zero attached hydrogens (tertiary/aromatic N) is 4. The molecule has 1 unspecified atom stereocenters. The van der Waals surface area contributed by atoms with E-state index >= 15 is 0 Å². The lowest BCUT2D eigenvalue weighted by atomic mass is 9.99. The highest BCUT2D eigenvalue weighted by Crippen LogP contribution is 2.31. The topological polar surface area (TPSA) is 80.4 Å². The Balaban J connectivity index is 1.80. The molecular weight excluding hydrogens is 447 g/mol. The van der Waals surface area contributed by atoms with Crippen molar-refractivity contribution in [2.75, 3.05) is 27.3 Å². The van der Waals surface area contributed by atoms with Crippen molar-refractivity contribution in [1.29, 1.82) is 5.26 Å². The third-order valence-electron chi connectivity index (χ3n) is 6.57. The van der Waals surface area contributed by atoms with Crippen LogP contribution in [-0.4, -0.2) is 47.8 Å². The molecule has 8 heteroatoms. The number of aromatic nitrogens is 2. The maximum atomic E-state index is 14.5. The largest absolute Gasteiger partial charge is 0.497 e. The molecule has 4 rings (SSSR count). The summed E-state index contributed by atoms with van der Waals surface area (Å²) in [6.45, 7) is 1.41. The highest BCUT2D eigenvalue weighted by molar-refractivity contribution is 5.80. The van der Waals surface area contributed by atoms with Crippen LogP contribution >= 0.6 is 0 Å². The number of hydrogen-bond acceptors (Lipinski definition) is 6. The van der Waals surface area contributed by atoms with Crippen LogP contribution in [0, 0.1) is 17.1 Å². The van der Waals surface area contributed by atoms with Gasteiger partial charge in [-0.25, -0.2) is 4.39 Å². The van der Waals surface area contributed by atoms with Gasteiger partial charge in [0.25, 0.3) is 11.6 Å². The Hall–Kier alpha value is -3.70. The van der Waals surface area contributed by atoms with E-state index in [2.05, 4.69) is 11.9 Å². The lowest BCUT2D eigenvalue weighted by Crippen LogP contribution is -2.36. The van der Waals surface area contributed by atoms with Gasteiger partial charge in [0.2, 0.25) is 0 Å². The third kappa shape index (κ3) is 5.20. The molecule has 0 saturated carbocycles. The monoisotopic (exact) mass is 476 g/mol. The van der Waals surface area contributed by atoms with Gasteiger partial charge in [-0.3, -0.25) is 9.36 Å². The molecule has 1 atom stereocenters. The van der Waals surface area contributed by atoms with Crippen molar-refractivity contribution >= 4 is 0 Å². The van der Waals surface area contributed by atoms with Crippen molar-refractivity contribution in [3.05, 3.63) is 64.2 Å². The summed E-state index contributed by atoms with van der Waals surface area (Å²) in [5.41, 5.74) is 1.24. The highest BCUT2D eigenvalue weighted by atomic mass is 19.1. The molecule has 0 spiro atoms. The first-order chi connectivity index (χ1) is 16.9. The van der Waals surface area contributed by atoms with Crippen LogP contribution in [0.15, 0.2) is 47.3 Å². The molecule has 1 saturated heterocycles. The Morgan fingerprint density at radius 1 is 1.11 bits per heavy atom. The first-order valence-corrected chi connectivity index (χ1v) is 11.7. The summed E-state index contributed by atoms with van der Waals surface area (Å²) in [5, 5.41) is 9.13. The average molecular weight is 477 g/mol. The van der Waals surface area contributed by atoms with Gasteiger partial charge in [0, 0.05) is 18.7 Å². The van der Waals surface area contributed by atoms with E-state index in [0.717, 1.165) is 25.8 Å². The van der Waals surface area contributed by atoms with Crippen LogP contribution in [0.5, 0.6) is 11.8 Å². The van der Waals surface area contributed by atoms with E-state index in [1.807, 2.05) is 6.07 Å². The Morgan fingerprint density at radius 3 is 2.54 bits per heavy atom. The van der Waals surface area contributed by atoms with E-state index in [-0.39, 0.29) is 23.2 Å². The molecule has 182 valence electrons. The molecule has 3 aromatic rings. The minimum absolute atomic E-state index is 0.0727. The lowest BCUT2D eigenvalue weighted by molar-refractivity contribution is 0.151. The van der Waals surface area contributed by atoms with Gasteiger partial charge >= 0.3 is 0 Å². The quantitative estimate of drug-likeness (QED) is 0.525. The second kappa shape index (κ2) is 10.7. The molecular formula is C27H29FN4O3. The van der Waals surface area contributed by atoms with Crippen LogP contribution in [0.3, 0.4) is 0 Å².